The third-order valence-electron chi connectivity index (χ3n) is 2.14. The van der Waals surface area contributed by atoms with Gasteiger partial charge in [0, 0.05) is 24.5 Å². The lowest BCUT2D eigenvalue weighted by molar-refractivity contribution is -0.125. The van der Waals surface area contributed by atoms with Crippen molar-refractivity contribution < 1.29 is 9.59 Å². The van der Waals surface area contributed by atoms with Crippen LogP contribution in [0.5, 0.6) is 0 Å². The molecule has 18 heavy (non-hydrogen) atoms. The molecule has 5 heteroatoms. The number of hydrogen-bond donors (Lipinski definition) is 3. The standard InChI is InChI=1S/C13H27N3O2/c1-9(2)15-11(17)7-8-14-10(3)12(18)16-13(4,5)6/h9-10,14H,7-8H2,1-6H3,(H,15,17)(H,16,18). The van der Waals surface area contributed by atoms with Gasteiger partial charge in [0.05, 0.1) is 6.04 Å². The zero-order chi connectivity index (χ0) is 14.3. The largest absolute Gasteiger partial charge is 0.354 e. The van der Waals surface area contributed by atoms with Gasteiger partial charge in [0.15, 0.2) is 0 Å². The van der Waals surface area contributed by atoms with Crippen LogP contribution in [-0.2, 0) is 9.59 Å². The summed E-state index contributed by atoms with van der Waals surface area (Å²) < 4.78 is 0. The normalized spacial score (nSPS) is 13.3. The van der Waals surface area contributed by atoms with Gasteiger partial charge < -0.3 is 16.0 Å². The highest BCUT2D eigenvalue weighted by Crippen LogP contribution is 1.99. The molecular weight excluding hydrogens is 230 g/mol. The molecule has 0 rings (SSSR count). The summed E-state index contributed by atoms with van der Waals surface area (Å²) >= 11 is 0. The van der Waals surface area contributed by atoms with Crippen molar-refractivity contribution in [3.63, 3.8) is 0 Å². The van der Waals surface area contributed by atoms with E-state index >= 15 is 0 Å². The lowest BCUT2D eigenvalue weighted by atomic mass is 10.1. The van der Waals surface area contributed by atoms with E-state index in [1.807, 2.05) is 34.6 Å². The zero-order valence-corrected chi connectivity index (χ0v) is 12.4. The molecular formula is C13H27N3O2. The summed E-state index contributed by atoms with van der Waals surface area (Å²) in [5, 5.41) is 8.73. The first-order valence-electron chi connectivity index (χ1n) is 6.46. The molecule has 0 saturated heterocycles. The second-order valence-corrected chi connectivity index (χ2v) is 5.89. The maximum Gasteiger partial charge on any atom is 0.237 e. The maximum absolute atomic E-state index is 11.7. The first-order chi connectivity index (χ1) is 8.11. The lowest BCUT2D eigenvalue weighted by Crippen LogP contribution is -2.50. The molecule has 0 spiro atoms. The summed E-state index contributed by atoms with van der Waals surface area (Å²) in [6, 6.07) is -0.143. The number of carbonyl (C=O) groups excluding carboxylic acids is 2. The molecule has 0 aliphatic rings. The van der Waals surface area contributed by atoms with E-state index in [1.165, 1.54) is 0 Å². The van der Waals surface area contributed by atoms with Gasteiger partial charge >= 0.3 is 0 Å². The van der Waals surface area contributed by atoms with E-state index in [-0.39, 0.29) is 29.4 Å². The van der Waals surface area contributed by atoms with Gasteiger partial charge in [-0.05, 0) is 41.5 Å². The second-order valence-electron chi connectivity index (χ2n) is 5.89. The van der Waals surface area contributed by atoms with Gasteiger partial charge in [-0.25, -0.2) is 0 Å². The number of rotatable bonds is 6. The highest BCUT2D eigenvalue weighted by Gasteiger charge is 2.18. The summed E-state index contributed by atoms with van der Waals surface area (Å²) in [5.74, 6) is -0.0484. The van der Waals surface area contributed by atoms with Crippen LogP contribution in [0.2, 0.25) is 0 Å². The van der Waals surface area contributed by atoms with E-state index < -0.39 is 0 Å². The molecule has 0 aromatic heterocycles. The van der Waals surface area contributed by atoms with Crippen LogP contribution in [0.4, 0.5) is 0 Å². The maximum atomic E-state index is 11.7. The van der Waals surface area contributed by atoms with Gasteiger partial charge in [-0.15, -0.1) is 0 Å². The van der Waals surface area contributed by atoms with Crippen LogP contribution in [0.25, 0.3) is 0 Å². The molecule has 0 bridgehead atoms. The lowest BCUT2D eigenvalue weighted by Gasteiger charge is -2.23. The molecule has 5 nitrogen and oxygen atoms in total. The predicted octanol–water partition coefficient (Wildman–Crippen LogP) is 0.794. The molecule has 0 aromatic rings. The van der Waals surface area contributed by atoms with Crippen molar-refractivity contribution in [2.24, 2.45) is 0 Å². The first-order valence-corrected chi connectivity index (χ1v) is 6.46. The molecule has 3 N–H and O–H groups in total. The first kappa shape index (κ1) is 16.9. The number of amides is 2. The minimum absolute atomic E-state index is 0.000861. The Bertz CT molecular complexity index is 282. The second kappa shape index (κ2) is 7.36. The molecule has 106 valence electrons. The molecule has 0 aromatic carbocycles. The van der Waals surface area contributed by atoms with Crippen molar-refractivity contribution >= 4 is 11.8 Å². The van der Waals surface area contributed by atoms with E-state index in [0.717, 1.165) is 0 Å². The van der Waals surface area contributed by atoms with Crippen molar-refractivity contribution in [1.29, 1.82) is 0 Å². The smallest absolute Gasteiger partial charge is 0.237 e. The van der Waals surface area contributed by atoms with Crippen LogP contribution in [0.15, 0.2) is 0 Å². The van der Waals surface area contributed by atoms with Crippen molar-refractivity contribution in [1.82, 2.24) is 16.0 Å². The predicted molar refractivity (Wildman–Crippen MR) is 73.3 cm³/mol. The summed E-state index contributed by atoms with van der Waals surface area (Å²) in [6.45, 7) is 11.9. The van der Waals surface area contributed by atoms with Crippen molar-refractivity contribution in [3.05, 3.63) is 0 Å². The SMILES string of the molecule is CC(C)NC(=O)CCNC(C)C(=O)NC(C)(C)C. The van der Waals surface area contributed by atoms with E-state index in [9.17, 15) is 9.59 Å². The van der Waals surface area contributed by atoms with Gasteiger partial charge in [-0.1, -0.05) is 0 Å². The van der Waals surface area contributed by atoms with Gasteiger partial charge in [-0.3, -0.25) is 9.59 Å². The minimum atomic E-state index is -0.295. The van der Waals surface area contributed by atoms with Gasteiger partial charge in [0.1, 0.15) is 0 Å². The van der Waals surface area contributed by atoms with E-state index in [1.54, 1.807) is 6.92 Å². The number of nitrogens with one attached hydrogen (secondary N) is 3. The van der Waals surface area contributed by atoms with Crippen LogP contribution < -0.4 is 16.0 Å². The fourth-order valence-electron chi connectivity index (χ4n) is 1.37. The molecule has 1 atom stereocenters. The number of hydrogen-bond acceptors (Lipinski definition) is 3. The minimum Gasteiger partial charge on any atom is -0.354 e. The van der Waals surface area contributed by atoms with Crippen molar-refractivity contribution in [2.75, 3.05) is 6.54 Å². The number of carbonyl (C=O) groups is 2. The third kappa shape index (κ3) is 8.98. The average molecular weight is 257 g/mol. The van der Waals surface area contributed by atoms with Gasteiger partial charge in [0.2, 0.25) is 11.8 Å². The fourth-order valence-corrected chi connectivity index (χ4v) is 1.37. The summed E-state index contributed by atoms with van der Waals surface area (Å²) in [5.41, 5.74) is -0.234. The monoisotopic (exact) mass is 257 g/mol. The summed E-state index contributed by atoms with van der Waals surface area (Å²) in [4.78, 5) is 23.1. The van der Waals surface area contributed by atoms with E-state index in [4.69, 9.17) is 0 Å². The molecule has 1 unspecified atom stereocenters. The highest BCUT2D eigenvalue weighted by molar-refractivity contribution is 5.82. The van der Waals surface area contributed by atoms with Crippen LogP contribution in [0.3, 0.4) is 0 Å². The Morgan fingerprint density at radius 3 is 2.11 bits per heavy atom. The Balaban J connectivity index is 3.86. The molecule has 0 saturated carbocycles. The molecule has 0 aliphatic carbocycles. The van der Waals surface area contributed by atoms with Gasteiger partial charge in [0.25, 0.3) is 0 Å². The Morgan fingerprint density at radius 1 is 1.11 bits per heavy atom. The molecule has 0 radical (unpaired) electrons. The summed E-state index contributed by atoms with van der Waals surface area (Å²) in [7, 11) is 0. The van der Waals surface area contributed by atoms with E-state index in [0.29, 0.717) is 13.0 Å². The molecule has 2 amide bonds. The topological polar surface area (TPSA) is 70.2 Å². The van der Waals surface area contributed by atoms with E-state index in [2.05, 4.69) is 16.0 Å². The van der Waals surface area contributed by atoms with Crippen LogP contribution in [0, 0.1) is 0 Å². The Labute approximate surface area is 110 Å². The van der Waals surface area contributed by atoms with Crippen LogP contribution in [0.1, 0.15) is 48.0 Å². The Kier molecular flexibility index (Phi) is 6.91. The zero-order valence-electron chi connectivity index (χ0n) is 12.4. The van der Waals surface area contributed by atoms with Gasteiger partial charge in [-0.2, -0.15) is 0 Å². The van der Waals surface area contributed by atoms with Crippen molar-refractivity contribution in [2.45, 2.75) is 65.6 Å². The molecule has 0 heterocycles. The summed E-state index contributed by atoms with van der Waals surface area (Å²) in [6.07, 6.45) is 0.380. The third-order valence-corrected chi connectivity index (χ3v) is 2.14. The quantitative estimate of drug-likeness (QED) is 0.659. The van der Waals surface area contributed by atoms with Crippen LogP contribution in [-0.4, -0.2) is 36.0 Å². The van der Waals surface area contributed by atoms with Crippen molar-refractivity contribution in [3.8, 4) is 0 Å². The molecule has 0 aliphatic heterocycles. The van der Waals surface area contributed by atoms with Crippen LogP contribution >= 0.6 is 0 Å². The average Bonchev–Trinajstić information content (AvgIpc) is 2.13. The molecule has 0 fully saturated rings. The fraction of sp³-hybridized carbons (Fsp3) is 0.846. The highest BCUT2D eigenvalue weighted by atomic mass is 16.2. The Hall–Kier alpha value is -1.10. The Morgan fingerprint density at radius 2 is 1.67 bits per heavy atom.